The molecular weight excluding hydrogens is 230 g/mol. The summed E-state index contributed by atoms with van der Waals surface area (Å²) in [5.41, 5.74) is 2.14. The molecule has 5 heteroatoms. The van der Waals surface area contributed by atoms with Crippen LogP contribution in [-0.2, 0) is 6.42 Å². The van der Waals surface area contributed by atoms with Gasteiger partial charge >= 0.3 is 11.8 Å². The van der Waals surface area contributed by atoms with Gasteiger partial charge in [-0.05, 0) is 24.5 Å². The van der Waals surface area contributed by atoms with E-state index in [0.717, 1.165) is 18.5 Å². The van der Waals surface area contributed by atoms with Gasteiger partial charge in [-0.1, -0.05) is 18.2 Å². The van der Waals surface area contributed by atoms with E-state index in [9.17, 15) is 4.79 Å². The van der Waals surface area contributed by atoms with Crippen molar-refractivity contribution in [2.24, 2.45) is 0 Å². The zero-order valence-corrected chi connectivity index (χ0v) is 10.1. The topological polar surface area (TPSA) is 59.2 Å². The normalized spacial score (nSPS) is 14.4. The molecule has 18 heavy (non-hydrogen) atoms. The lowest BCUT2D eigenvalue weighted by molar-refractivity contribution is 0.0950. The molecule has 0 saturated carbocycles. The average molecular weight is 243 g/mol. The molecule has 0 radical (unpaired) electrons. The predicted octanol–water partition coefficient (Wildman–Crippen LogP) is 1.97. The van der Waals surface area contributed by atoms with Crippen LogP contribution in [0.5, 0.6) is 0 Å². The highest BCUT2D eigenvalue weighted by Crippen LogP contribution is 2.27. The fourth-order valence-corrected chi connectivity index (χ4v) is 2.24. The fourth-order valence-electron chi connectivity index (χ4n) is 2.24. The molecule has 0 atom stereocenters. The van der Waals surface area contributed by atoms with Crippen LogP contribution in [0.25, 0.3) is 0 Å². The molecule has 0 aliphatic carbocycles. The van der Waals surface area contributed by atoms with Crippen LogP contribution in [0.15, 0.2) is 28.7 Å². The number of carbonyl (C=O) groups excluding carboxylic acids is 1. The molecule has 2 heterocycles. The Balaban J connectivity index is 1.96. The van der Waals surface area contributed by atoms with Gasteiger partial charge in [0, 0.05) is 19.2 Å². The summed E-state index contributed by atoms with van der Waals surface area (Å²) < 4.78 is 5.20. The number of rotatable bonds is 1. The first-order valence-electron chi connectivity index (χ1n) is 5.95. The second-order valence-electron chi connectivity index (χ2n) is 4.32. The summed E-state index contributed by atoms with van der Waals surface area (Å²) >= 11 is 0. The summed E-state index contributed by atoms with van der Waals surface area (Å²) in [6.07, 6.45) is 1.96. The van der Waals surface area contributed by atoms with E-state index in [4.69, 9.17) is 4.42 Å². The van der Waals surface area contributed by atoms with Crippen molar-refractivity contribution in [3.8, 4) is 0 Å². The van der Waals surface area contributed by atoms with Gasteiger partial charge in [0.2, 0.25) is 5.89 Å². The van der Waals surface area contributed by atoms with Crippen LogP contribution in [0.3, 0.4) is 0 Å². The SMILES string of the molecule is Cc1nnc(C(=O)N2CCCc3ccccc32)o1. The maximum absolute atomic E-state index is 12.3. The van der Waals surface area contributed by atoms with Crippen molar-refractivity contribution < 1.29 is 9.21 Å². The first-order chi connectivity index (χ1) is 8.75. The van der Waals surface area contributed by atoms with Crippen LogP contribution < -0.4 is 4.90 Å². The fraction of sp³-hybridized carbons (Fsp3) is 0.308. The van der Waals surface area contributed by atoms with Crippen molar-refractivity contribution in [3.63, 3.8) is 0 Å². The summed E-state index contributed by atoms with van der Waals surface area (Å²) in [5, 5.41) is 7.48. The summed E-state index contributed by atoms with van der Waals surface area (Å²) in [6, 6.07) is 7.93. The zero-order chi connectivity index (χ0) is 12.5. The third-order valence-electron chi connectivity index (χ3n) is 3.06. The monoisotopic (exact) mass is 243 g/mol. The Morgan fingerprint density at radius 2 is 2.17 bits per heavy atom. The molecule has 0 spiro atoms. The predicted molar refractivity (Wildman–Crippen MR) is 65.5 cm³/mol. The zero-order valence-electron chi connectivity index (χ0n) is 10.1. The molecule has 5 nitrogen and oxygen atoms in total. The quantitative estimate of drug-likeness (QED) is 0.768. The molecule has 1 aromatic carbocycles. The van der Waals surface area contributed by atoms with Gasteiger partial charge in [-0.3, -0.25) is 4.79 Å². The smallest absolute Gasteiger partial charge is 0.315 e. The largest absolute Gasteiger partial charge is 0.417 e. The molecule has 92 valence electrons. The number of nitrogens with zero attached hydrogens (tertiary/aromatic N) is 3. The van der Waals surface area contributed by atoms with E-state index in [2.05, 4.69) is 10.2 Å². The number of hydrogen-bond acceptors (Lipinski definition) is 4. The van der Waals surface area contributed by atoms with E-state index < -0.39 is 0 Å². The van der Waals surface area contributed by atoms with Crippen molar-refractivity contribution in [1.82, 2.24) is 10.2 Å². The number of anilines is 1. The van der Waals surface area contributed by atoms with Gasteiger partial charge in [0.1, 0.15) is 0 Å². The molecule has 1 aliphatic rings. The molecule has 0 N–H and O–H groups in total. The van der Waals surface area contributed by atoms with E-state index in [0.29, 0.717) is 12.4 Å². The minimum atomic E-state index is -0.220. The number of benzene rings is 1. The van der Waals surface area contributed by atoms with Crippen molar-refractivity contribution >= 4 is 11.6 Å². The number of hydrogen-bond donors (Lipinski definition) is 0. The third kappa shape index (κ3) is 1.77. The van der Waals surface area contributed by atoms with Crippen LogP contribution in [0.2, 0.25) is 0 Å². The van der Waals surface area contributed by atoms with Crippen LogP contribution in [0.4, 0.5) is 5.69 Å². The lowest BCUT2D eigenvalue weighted by atomic mass is 10.0. The first kappa shape index (κ1) is 11.0. The van der Waals surface area contributed by atoms with Crippen molar-refractivity contribution in [2.45, 2.75) is 19.8 Å². The average Bonchev–Trinajstić information content (AvgIpc) is 2.84. The maximum atomic E-state index is 12.3. The van der Waals surface area contributed by atoms with E-state index in [1.165, 1.54) is 5.56 Å². The Morgan fingerprint density at radius 1 is 1.33 bits per heavy atom. The molecule has 1 amide bonds. The molecule has 3 rings (SSSR count). The molecule has 1 aromatic heterocycles. The number of amides is 1. The first-order valence-corrected chi connectivity index (χ1v) is 5.95. The Bertz CT molecular complexity index is 591. The maximum Gasteiger partial charge on any atom is 0.315 e. The highest BCUT2D eigenvalue weighted by atomic mass is 16.4. The van der Waals surface area contributed by atoms with E-state index in [1.807, 2.05) is 24.3 Å². The lowest BCUT2D eigenvalue weighted by Gasteiger charge is -2.28. The Morgan fingerprint density at radius 3 is 2.94 bits per heavy atom. The van der Waals surface area contributed by atoms with E-state index in [1.54, 1.807) is 11.8 Å². The third-order valence-corrected chi connectivity index (χ3v) is 3.06. The van der Waals surface area contributed by atoms with Gasteiger partial charge in [-0.25, -0.2) is 0 Å². The highest BCUT2D eigenvalue weighted by Gasteiger charge is 2.26. The van der Waals surface area contributed by atoms with E-state index in [-0.39, 0.29) is 11.8 Å². The molecule has 1 aliphatic heterocycles. The Hall–Kier alpha value is -2.17. The summed E-state index contributed by atoms with van der Waals surface area (Å²) in [5.74, 6) is 0.246. The van der Waals surface area contributed by atoms with Crippen molar-refractivity contribution in [2.75, 3.05) is 11.4 Å². The molecule has 2 aromatic rings. The number of para-hydroxylation sites is 1. The molecular formula is C13H13N3O2. The second-order valence-corrected chi connectivity index (χ2v) is 4.32. The minimum Gasteiger partial charge on any atom is -0.417 e. The van der Waals surface area contributed by atoms with Crippen LogP contribution >= 0.6 is 0 Å². The lowest BCUT2D eigenvalue weighted by Crippen LogP contribution is -2.35. The molecule has 0 fully saturated rings. The number of aromatic nitrogens is 2. The Labute approximate surface area is 104 Å². The van der Waals surface area contributed by atoms with E-state index >= 15 is 0 Å². The van der Waals surface area contributed by atoms with Gasteiger partial charge in [-0.2, -0.15) is 0 Å². The second kappa shape index (κ2) is 4.25. The van der Waals surface area contributed by atoms with Crippen molar-refractivity contribution in [1.29, 1.82) is 0 Å². The molecule has 0 saturated heterocycles. The molecule has 0 unspecified atom stereocenters. The summed E-state index contributed by atoms with van der Waals surface area (Å²) in [4.78, 5) is 14.0. The standard InChI is InChI=1S/C13H13N3O2/c1-9-14-15-12(18-9)13(17)16-8-4-6-10-5-2-3-7-11(10)16/h2-3,5,7H,4,6,8H2,1H3. The summed E-state index contributed by atoms with van der Waals surface area (Å²) in [7, 11) is 0. The minimum absolute atomic E-state index is 0.0594. The van der Waals surface area contributed by atoms with Crippen LogP contribution in [0, 0.1) is 6.92 Å². The number of aryl methyl sites for hydroxylation is 2. The Kier molecular flexibility index (Phi) is 2.59. The van der Waals surface area contributed by atoms with Gasteiger partial charge in [-0.15, -0.1) is 10.2 Å². The van der Waals surface area contributed by atoms with Crippen LogP contribution in [0.1, 0.15) is 28.6 Å². The van der Waals surface area contributed by atoms with Gasteiger partial charge in [0.05, 0.1) is 0 Å². The van der Waals surface area contributed by atoms with Gasteiger partial charge in [0.15, 0.2) is 0 Å². The molecule has 0 bridgehead atoms. The number of carbonyl (C=O) groups is 1. The van der Waals surface area contributed by atoms with Gasteiger partial charge < -0.3 is 9.32 Å². The van der Waals surface area contributed by atoms with Gasteiger partial charge in [0.25, 0.3) is 0 Å². The summed E-state index contributed by atoms with van der Waals surface area (Å²) in [6.45, 7) is 2.37. The van der Waals surface area contributed by atoms with Crippen molar-refractivity contribution in [3.05, 3.63) is 41.6 Å². The number of fused-ring (bicyclic) bond motifs is 1. The highest BCUT2D eigenvalue weighted by molar-refractivity contribution is 6.03. The van der Waals surface area contributed by atoms with Crippen LogP contribution in [-0.4, -0.2) is 22.6 Å².